The van der Waals surface area contributed by atoms with Crippen molar-refractivity contribution in [3.63, 3.8) is 0 Å². The van der Waals surface area contributed by atoms with Gasteiger partial charge in [-0.1, -0.05) is 68.4 Å². The number of carbonyl (C=O) groups excluding carboxylic acids is 1. The van der Waals surface area contributed by atoms with Crippen molar-refractivity contribution in [2.24, 2.45) is 0 Å². The third kappa shape index (κ3) is 11.0. The summed E-state index contributed by atoms with van der Waals surface area (Å²) in [4.78, 5) is 24.0. The second-order valence-corrected chi connectivity index (χ2v) is 8.08. The van der Waals surface area contributed by atoms with Crippen LogP contribution in [0.3, 0.4) is 0 Å². The molecule has 34 heavy (non-hydrogen) atoms. The molecule has 0 unspecified atom stereocenters. The van der Waals surface area contributed by atoms with E-state index in [2.05, 4.69) is 49.5 Å². The van der Waals surface area contributed by atoms with E-state index in [1.807, 2.05) is 6.08 Å². The Labute approximate surface area is 202 Å². The summed E-state index contributed by atoms with van der Waals surface area (Å²) in [5.74, 6) is -0.612. The Balaban J connectivity index is 1.56. The van der Waals surface area contributed by atoms with E-state index in [1.165, 1.54) is 43.9 Å². The minimum Gasteiger partial charge on any atom is -0.508 e. The predicted molar refractivity (Wildman–Crippen MR) is 138 cm³/mol. The number of rotatable bonds is 15. The molecule has 0 aliphatic carbocycles. The molecule has 1 aromatic heterocycles. The lowest BCUT2D eigenvalue weighted by Crippen LogP contribution is -2.13. The van der Waals surface area contributed by atoms with E-state index in [-0.39, 0.29) is 23.5 Å². The van der Waals surface area contributed by atoms with Crippen LogP contribution in [0.1, 0.15) is 71.1 Å². The van der Waals surface area contributed by atoms with Gasteiger partial charge in [0, 0.05) is 17.9 Å². The lowest BCUT2D eigenvalue weighted by atomic mass is 10.2. The van der Waals surface area contributed by atoms with Crippen molar-refractivity contribution in [3.05, 3.63) is 83.3 Å². The number of phenols is 1. The van der Waals surface area contributed by atoms with Crippen molar-refractivity contribution >= 4 is 16.9 Å². The molecule has 5 heteroatoms. The van der Waals surface area contributed by atoms with Crippen LogP contribution >= 0.6 is 0 Å². The van der Waals surface area contributed by atoms with Gasteiger partial charge in [-0.3, -0.25) is 4.79 Å². The highest BCUT2D eigenvalue weighted by Gasteiger charge is 2.11. The SMILES string of the molecule is CCCCCC=CCC=CCC=CCC=CCCCC(=O)Oc1cc2ccc(O)cc2oc1=O. The van der Waals surface area contributed by atoms with Crippen molar-refractivity contribution in [1.29, 1.82) is 0 Å². The highest BCUT2D eigenvalue weighted by atomic mass is 16.5. The minimum absolute atomic E-state index is 0.00256. The van der Waals surface area contributed by atoms with E-state index in [1.54, 1.807) is 6.07 Å². The van der Waals surface area contributed by atoms with E-state index in [4.69, 9.17) is 9.15 Å². The van der Waals surface area contributed by atoms with E-state index in [9.17, 15) is 14.7 Å². The van der Waals surface area contributed by atoms with Crippen LogP contribution in [0.4, 0.5) is 0 Å². The molecule has 0 saturated heterocycles. The molecule has 1 N–H and O–H groups in total. The number of hydrogen-bond donors (Lipinski definition) is 1. The Morgan fingerprint density at radius 3 is 2.15 bits per heavy atom. The highest BCUT2D eigenvalue weighted by molar-refractivity contribution is 5.80. The first kappa shape index (κ1) is 26.9. The summed E-state index contributed by atoms with van der Waals surface area (Å²) in [7, 11) is 0. The van der Waals surface area contributed by atoms with Gasteiger partial charge in [0.15, 0.2) is 0 Å². The predicted octanol–water partition coefficient (Wildman–Crippen LogP) is 7.55. The van der Waals surface area contributed by atoms with Crippen LogP contribution in [0.15, 0.2) is 82.1 Å². The normalized spacial score (nSPS) is 12.1. The molecule has 0 aliphatic rings. The fourth-order valence-corrected chi connectivity index (χ4v) is 3.25. The number of ether oxygens (including phenoxy) is 1. The van der Waals surface area contributed by atoms with Gasteiger partial charge in [-0.15, -0.1) is 0 Å². The summed E-state index contributed by atoms with van der Waals surface area (Å²) in [5, 5.41) is 10.0. The highest BCUT2D eigenvalue weighted by Crippen LogP contribution is 2.21. The number of carbonyl (C=O) groups is 1. The maximum absolute atomic E-state index is 12.0. The van der Waals surface area contributed by atoms with Gasteiger partial charge in [-0.2, -0.15) is 0 Å². The molecule has 0 radical (unpaired) electrons. The molecule has 2 aromatic rings. The molecular formula is C29H36O5. The van der Waals surface area contributed by atoms with Gasteiger partial charge in [-0.25, -0.2) is 4.79 Å². The first-order valence-corrected chi connectivity index (χ1v) is 12.2. The molecule has 0 amide bonds. The van der Waals surface area contributed by atoms with Crippen LogP contribution in [-0.4, -0.2) is 11.1 Å². The molecule has 0 atom stereocenters. The lowest BCUT2D eigenvalue weighted by molar-refractivity contribution is -0.134. The number of benzene rings is 1. The van der Waals surface area contributed by atoms with Gasteiger partial charge in [0.2, 0.25) is 5.75 Å². The van der Waals surface area contributed by atoms with Crippen LogP contribution < -0.4 is 10.4 Å². The quantitative estimate of drug-likeness (QED) is 0.127. The molecule has 182 valence electrons. The summed E-state index contributed by atoms with van der Waals surface area (Å²) in [6, 6.07) is 5.86. The number of phenolic OH excluding ortho intramolecular Hbond substituents is 1. The number of unbranched alkanes of at least 4 members (excludes halogenated alkanes) is 4. The third-order valence-corrected chi connectivity index (χ3v) is 5.12. The lowest BCUT2D eigenvalue weighted by Gasteiger charge is -2.04. The van der Waals surface area contributed by atoms with Crippen LogP contribution in [0.5, 0.6) is 11.5 Å². The number of allylic oxidation sites excluding steroid dienone is 8. The van der Waals surface area contributed by atoms with E-state index >= 15 is 0 Å². The van der Waals surface area contributed by atoms with Crippen LogP contribution in [0.2, 0.25) is 0 Å². The molecule has 1 aromatic carbocycles. The molecular weight excluding hydrogens is 428 g/mol. The summed E-state index contributed by atoms with van der Waals surface area (Å²) < 4.78 is 10.3. The summed E-state index contributed by atoms with van der Waals surface area (Å²) >= 11 is 0. The molecule has 5 nitrogen and oxygen atoms in total. The van der Waals surface area contributed by atoms with Gasteiger partial charge in [0.25, 0.3) is 0 Å². The molecule has 0 saturated carbocycles. The van der Waals surface area contributed by atoms with Crippen LogP contribution in [-0.2, 0) is 4.79 Å². The van der Waals surface area contributed by atoms with E-state index in [0.717, 1.165) is 25.7 Å². The first-order valence-electron chi connectivity index (χ1n) is 12.2. The first-order chi connectivity index (χ1) is 16.6. The second kappa shape index (κ2) is 16.3. The van der Waals surface area contributed by atoms with Crippen molar-refractivity contribution < 1.29 is 19.1 Å². The Hall–Kier alpha value is -3.34. The number of aromatic hydroxyl groups is 1. The molecule has 0 fully saturated rings. The smallest absolute Gasteiger partial charge is 0.379 e. The topological polar surface area (TPSA) is 76.7 Å². The van der Waals surface area contributed by atoms with Crippen molar-refractivity contribution in [2.45, 2.75) is 71.1 Å². The Kier molecular flexibility index (Phi) is 12.9. The number of esters is 1. The van der Waals surface area contributed by atoms with Gasteiger partial charge < -0.3 is 14.3 Å². The average Bonchev–Trinajstić information content (AvgIpc) is 2.81. The second-order valence-electron chi connectivity index (χ2n) is 8.08. The average molecular weight is 465 g/mol. The standard InChI is InChI=1S/C29H36O5/c1-2-3-4-5-6-7-8-9-10-11-12-13-14-15-16-17-18-19-28(31)33-27-22-24-20-21-25(30)23-26(24)34-29(27)32/h6-7,9-10,12-13,15-16,20-23,30H,2-5,8,11,14,17-19H2,1H3. The van der Waals surface area contributed by atoms with Gasteiger partial charge in [0.05, 0.1) is 0 Å². The van der Waals surface area contributed by atoms with E-state index < -0.39 is 11.6 Å². The number of fused-ring (bicyclic) bond motifs is 1. The zero-order valence-corrected chi connectivity index (χ0v) is 20.1. The zero-order valence-electron chi connectivity index (χ0n) is 20.1. The van der Waals surface area contributed by atoms with Crippen molar-refractivity contribution in [1.82, 2.24) is 0 Å². The summed E-state index contributed by atoms with van der Waals surface area (Å²) in [6.07, 6.45) is 26.8. The number of hydrogen-bond acceptors (Lipinski definition) is 5. The Morgan fingerprint density at radius 2 is 1.50 bits per heavy atom. The van der Waals surface area contributed by atoms with Gasteiger partial charge in [-0.05, 0) is 63.1 Å². The molecule has 1 heterocycles. The third-order valence-electron chi connectivity index (χ3n) is 5.12. The molecule has 0 spiro atoms. The zero-order chi connectivity index (χ0) is 24.4. The van der Waals surface area contributed by atoms with Crippen molar-refractivity contribution in [3.8, 4) is 11.5 Å². The van der Waals surface area contributed by atoms with Crippen LogP contribution in [0, 0.1) is 0 Å². The minimum atomic E-state index is -0.744. The fourth-order valence-electron chi connectivity index (χ4n) is 3.25. The summed E-state index contributed by atoms with van der Waals surface area (Å²) in [6.45, 7) is 2.22. The van der Waals surface area contributed by atoms with Crippen LogP contribution in [0.25, 0.3) is 11.0 Å². The van der Waals surface area contributed by atoms with Gasteiger partial charge in [0.1, 0.15) is 11.3 Å². The molecule has 2 rings (SSSR count). The Bertz CT molecular complexity index is 1060. The van der Waals surface area contributed by atoms with Gasteiger partial charge >= 0.3 is 11.6 Å². The summed E-state index contributed by atoms with van der Waals surface area (Å²) in [5.41, 5.74) is -0.503. The Morgan fingerprint density at radius 1 is 0.882 bits per heavy atom. The largest absolute Gasteiger partial charge is 0.508 e. The fraction of sp³-hybridized carbons (Fsp3) is 0.379. The monoisotopic (exact) mass is 464 g/mol. The maximum Gasteiger partial charge on any atom is 0.379 e. The maximum atomic E-state index is 12.0. The van der Waals surface area contributed by atoms with Crippen molar-refractivity contribution in [2.75, 3.05) is 0 Å². The molecule has 0 bridgehead atoms. The molecule has 0 aliphatic heterocycles. The van der Waals surface area contributed by atoms with E-state index in [0.29, 0.717) is 11.8 Å².